The molecule has 0 aliphatic heterocycles. The van der Waals surface area contributed by atoms with Crippen LogP contribution in [0.1, 0.15) is 16.8 Å². The van der Waals surface area contributed by atoms with Gasteiger partial charge < -0.3 is 24.6 Å². The molecule has 2 N–H and O–H groups in total. The quantitative estimate of drug-likeness (QED) is 0.741. The summed E-state index contributed by atoms with van der Waals surface area (Å²) in [6.07, 6.45) is 0.185. The van der Waals surface area contributed by atoms with Gasteiger partial charge in [0.1, 0.15) is 6.04 Å². The van der Waals surface area contributed by atoms with Crippen LogP contribution < -0.4 is 14.8 Å². The molecule has 0 saturated heterocycles. The molecular formula is C14H19NO6. The Morgan fingerprint density at radius 3 is 2.38 bits per heavy atom. The number of rotatable bonds is 8. The van der Waals surface area contributed by atoms with E-state index in [0.29, 0.717) is 11.5 Å². The van der Waals surface area contributed by atoms with E-state index in [1.807, 2.05) is 0 Å². The van der Waals surface area contributed by atoms with Crippen LogP contribution in [0.15, 0.2) is 18.2 Å². The molecule has 21 heavy (non-hydrogen) atoms. The number of benzene rings is 1. The van der Waals surface area contributed by atoms with E-state index < -0.39 is 17.9 Å². The molecule has 1 rings (SSSR count). The Kier molecular flexibility index (Phi) is 6.48. The standard InChI is InChI=1S/C14H19NO6/c1-19-7-6-10(14(17)18)15-13(16)9-4-5-11(20-2)12(8-9)21-3/h4-5,8,10H,6-7H2,1-3H3,(H,15,16)(H,17,18). The number of carbonyl (C=O) groups is 2. The number of carboxylic acids is 1. The van der Waals surface area contributed by atoms with Crippen molar-refractivity contribution >= 4 is 11.9 Å². The zero-order chi connectivity index (χ0) is 15.8. The lowest BCUT2D eigenvalue weighted by Crippen LogP contribution is -2.41. The van der Waals surface area contributed by atoms with E-state index in [1.54, 1.807) is 6.07 Å². The van der Waals surface area contributed by atoms with E-state index in [4.69, 9.17) is 19.3 Å². The predicted octanol–water partition coefficient (Wildman–Crippen LogP) is 0.923. The Labute approximate surface area is 122 Å². The third kappa shape index (κ3) is 4.64. The molecule has 0 saturated carbocycles. The molecule has 1 unspecified atom stereocenters. The maximum Gasteiger partial charge on any atom is 0.326 e. The van der Waals surface area contributed by atoms with Crippen molar-refractivity contribution in [2.24, 2.45) is 0 Å². The Balaban J connectivity index is 2.84. The summed E-state index contributed by atoms with van der Waals surface area (Å²) in [4.78, 5) is 23.2. The molecule has 0 aliphatic carbocycles. The Morgan fingerprint density at radius 1 is 1.19 bits per heavy atom. The van der Waals surface area contributed by atoms with Gasteiger partial charge in [0, 0.05) is 25.7 Å². The van der Waals surface area contributed by atoms with Gasteiger partial charge in [-0.25, -0.2) is 4.79 Å². The van der Waals surface area contributed by atoms with Crippen molar-refractivity contribution in [3.63, 3.8) is 0 Å². The first-order valence-electron chi connectivity index (χ1n) is 6.28. The average molecular weight is 297 g/mol. The first kappa shape index (κ1) is 16.8. The Hall–Kier alpha value is -2.28. The van der Waals surface area contributed by atoms with Gasteiger partial charge in [-0.2, -0.15) is 0 Å². The smallest absolute Gasteiger partial charge is 0.326 e. The number of ether oxygens (including phenoxy) is 3. The SMILES string of the molecule is COCCC(NC(=O)c1ccc(OC)c(OC)c1)C(=O)O. The summed E-state index contributed by atoms with van der Waals surface area (Å²) in [6, 6.07) is 3.60. The van der Waals surface area contributed by atoms with Crippen LogP contribution in [0.3, 0.4) is 0 Å². The summed E-state index contributed by atoms with van der Waals surface area (Å²) in [5.74, 6) is -0.725. The highest BCUT2D eigenvalue weighted by Crippen LogP contribution is 2.27. The second kappa shape index (κ2) is 8.11. The fraction of sp³-hybridized carbons (Fsp3) is 0.429. The van der Waals surface area contributed by atoms with E-state index in [2.05, 4.69) is 5.32 Å². The molecule has 0 bridgehead atoms. The number of methoxy groups -OCH3 is 3. The van der Waals surface area contributed by atoms with Crippen molar-refractivity contribution in [2.45, 2.75) is 12.5 Å². The number of nitrogens with one attached hydrogen (secondary N) is 1. The normalized spacial score (nSPS) is 11.6. The first-order valence-corrected chi connectivity index (χ1v) is 6.28. The third-order valence-electron chi connectivity index (χ3n) is 2.86. The van der Waals surface area contributed by atoms with Gasteiger partial charge in [0.15, 0.2) is 11.5 Å². The molecule has 0 spiro atoms. The molecule has 1 amide bonds. The van der Waals surface area contributed by atoms with Gasteiger partial charge in [0.25, 0.3) is 5.91 Å². The molecule has 7 nitrogen and oxygen atoms in total. The number of hydrogen-bond donors (Lipinski definition) is 2. The molecule has 1 atom stereocenters. The van der Waals surface area contributed by atoms with Crippen molar-refractivity contribution in [2.75, 3.05) is 27.9 Å². The van der Waals surface area contributed by atoms with Crippen LogP contribution in [0.25, 0.3) is 0 Å². The van der Waals surface area contributed by atoms with E-state index in [-0.39, 0.29) is 18.6 Å². The Morgan fingerprint density at radius 2 is 1.86 bits per heavy atom. The number of aliphatic carboxylic acids is 1. The summed E-state index contributed by atoms with van der Waals surface area (Å²) < 4.78 is 15.0. The van der Waals surface area contributed by atoms with E-state index in [0.717, 1.165) is 0 Å². The van der Waals surface area contributed by atoms with Crippen LogP contribution in [-0.4, -0.2) is 51.0 Å². The number of carbonyl (C=O) groups excluding carboxylic acids is 1. The predicted molar refractivity (Wildman–Crippen MR) is 74.9 cm³/mol. The van der Waals surface area contributed by atoms with Crippen molar-refractivity contribution < 1.29 is 28.9 Å². The van der Waals surface area contributed by atoms with Crippen molar-refractivity contribution in [1.29, 1.82) is 0 Å². The number of amides is 1. The van der Waals surface area contributed by atoms with Crippen LogP contribution in [0.5, 0.6) is 11.5 Å². The van der Waals surface area contributed by atoms with Crippen LogP contribution >= 0.6 is 0 Å². The van der Waals surface area contributed by atoms with Crippen LogP contribution in [0.2, 0.25) is 0 Å². The lowest BCUT2D eigenvalue weighted by Gasteiger charge is -2.15. The lowest BCUT2D eigenvalue weighted by atomic mass is 10.1. The van der Waals surface area contributed by atoms with Gasteiger partial charge >= 0.3 is 5.97 Å². The second-order valence-electron chi connectivity index (χ2n) is 4.22. The number of carboxylic acid groups (broad SMARTS) is 1. The highest BCUT2D eigenvalue weighted by Gasteiger charge is 2.21. The van der Waals surface area contributed by atoms with Crippen LogP contribution in [0.4, 0.5) is 0 Å². The second-order valence-corrected chi connectivity index (χ2v) is 4.22. The van der Waals surface area contributed by atoms with Crippen LogP contribution in [0, 0.1) is 0 Å². The number of hydrogen-bond acceptors (Lipinski definition) is 5. The topological polar surface area (TPSA) is 94.1 Å². The third-order valence-corrected chi connectivity index (χ3v) is 2.86. The van der Waals surface area contributed by atoms with Gasteiger partial charge in [-0.15, -0.1) is 0 Å². The maximum atomic E-state index is 12.1. The summed E-state index contributed by atoms with van der Waals surface area (Å²) in [6.45, 7) is 0.239. The molecule has 0 aliphatic rings. The summed E-state index contributed by atoms with van der Waals surface area (Å²) in [7, 11) is 4.41. The van der Waals surface area contributed by atoms with Crippen molar-refractivity contribution in [3.05, 3.63) is 23.8 Å². The molecule has 0 fully saturated rings. The van der Waals surface area contributed by atoms with Crippen molar-refractivity contribution in [3.8, 4) is 11.5 Å². The average Bonchev–Trinajstić information content (AvgIpc) is 2.49. The lowest BCUT2D eigenvalue weighted by molar-refractivity contribution is -0.139. The summed E-state index contributed by atoms with van der Waals surface area (Å²) >= 11 is 0. The van der Waals surface area contributed by atoms with Crippen LogP contribution in [-0.2, 0) is 9.53 Å². The highest BCUT2D eigenvalue weighted by atomic mass is 16.5. The minimum Gasteiger partial charge on any atom is -0.493 e. The Bertz CT molecular complexity index is 502. The molecule has 7 heteroatoms. The fourth-order valence-corrected chi connectivity index (χ4v) is 1.71. The molecule has 1 aromatic rings. The fourth-order valence-electron chi connectivity index (χ4n) is 1.71. The molecule has 1 aromatic carbocycles. The minimum absolute atomic E-state index is 0.185. The van der Waals surface area contributed by atoms with E-state index >= 15 is 0 Å². The minimum atomic E-state index is -1.11. The van der Waals surface area contributed by atoms with Gasteiger partial charge in [-0.3, -0.25) is 4.79 Å². The zero-order valence-corrected chi connectivity index (χ0v) is 12.2. The van der Waals surface area contributed by atoms with Crippen molar-refractivity contribution in [1.82, 2.24) is 5.32 Å². The van der Waals surface area contributed by atoms with Gasteiger partial charge in [0.05, 0.1) is 14.2 Å². The zero-order valence-electron chi connectivity index (χ0n) is 12.2. The largest absolute Gasteiger partial charge is 0.493 e. The van der Waals surface area contributed by atoms with Gasteiger partial charge in [-0.05, 0) is 18.2 Å². The molecule has 116 valence electrons. The summed E-state index contributed by atoms with van der Waals surface area (Å²) in [5.41, 5.74) is 0.288. The van der Waals surface area contributed by atoms with Gasteiger partial charge in [0.2, 0.25) is 0 Å². The van der Waals surface area contributed by atoms with Gasteiger partial charge in [-0.1, -0.05) is 0 Å². The van der Waals surface area contributed by atoms with E-state index in [1.165, 1.54) is 33.5 Å². The molecular weight excluding hydrogens is 278 g/mol. The molecule has 0 heterocycles. The van der Waals surface area contributed by atoms with E-state index in [9.17, 15) is 9.59 Å². The highest BCUT2D eigenvalue weighted by molar-refractivity contribution is 5.97. The maximum absolute atomic E-state index is 12.1. The molecule has 0 aromatic heterocycles. The monoisotopic (exact) mass is 297 g/mol. The summed E-state index contributed by atoms with van der Waals surface area (Å²) in [5, 5.41) is 11.5. The first-order chi connectivity index (χ1) is 10.0. The molecule has 0 radical (unpaired) electrons.